The van der Waals surface area contributed by atoms with Crippen molar-refractivity contribution in [2.75, 3.05) is 17.7 Å². The molecule has 4 N–H and O–H groups in total. The summed E-state index contributed by atoms with van der Waals surface area (Å²) in [5.74, 6) is -1.28. The maximum Gasteiger partial charge on any atom is 0.347 e. The van der Waals surface area contributed by atoms with Gasteiger partial charge in [-0.05, 0) is 49.4 Å². The zero-order chi connectivity index (χ0) is 20.4. The number of pyridine rings is 1. The van der Waals surface area contributed by atoms with Crippen molar-refractivity contribution in [1.29, 1.82) is 0 Å². The van der Waals surface area contributed by atoms with E-state index >= 15 is 0 Å². The van der Waals surface area contributed by atoms with Crippen molar-refractivity contribution in [2.24, 2.45) is 0 Å². The molecule has 0 saturated heterocycles. The van der Waals surface area contributed by atoms with Crippen molar-refractivity contribution < 1.29 is 19.1 Å². The Hall–Kier alpha value is -3.78. The summed E-state index contributed by atoms with van der Waals surface area (Å²) in [4.78, 5) is 32.5. The predicted molar refractivity (Wildman–Crippen MR) is 116 cm³/mol. The molecule has 154 valence electrons. The molecule has 8 nitrogen and oxygen atoms in total. The summed E-state index contributed by atoms with van der Waals surface area (Å²) in [6, 6.07) is 10.5. The van der Waals surface area contributed by atoms with E-state index in [9.17, 15) is 9.59 Å². The Balaban J connectivity index is 0.00000256. The average Bonchev–Trinajstić information content (AvgIpc) is 3.25. The van der Waals surface area contributed by atoms with E-state index < -0.39 is 11.8 Å². The minimum absolute atomic E-state index is 0. The number of halogens is 1. The number of H-pyrrole nitrogens is 1. The summed E-state index contributed by atoms with van der Waals surface area (Å²) in [5.41, 5.74) is 8.11. The summed E-state index contributed by atoms with van der Waals surface area (Å²) >= 11 is 0. The molecule has 1 aliphatic heterocycles. The van der Waals surface area contributed by atoms with Gasteiger partial charge in [-0.15, -0.1) is 12.4 Å². The van der Waals surface area contributed by atoms with Crippen LogP contribution in [0.1, 0.15) is 12.5 Å². The molecule has 0 fully saturated rings. The minimum Gasteiger partial charge on any atom is -0.462 e. The molecule has 1 aliphatic rings. The van der Waals surface area contributed by atoms with Crippen LogP contribution in [-0.2, 0) is 19.1 Å². The van der Waals surface area contributed by atoms with Gasteiger partial charge in [0.25, 0.3) is 0 Å². The maximum atomic E-state index is 12.9. The van der Waals surface area contributed by atoms with E-state index in [0.29, 0.717) is 22.6 Å². The van der Waals surface area contributed by atoms with Crippen molar-refractivity contribution in [3.05, 3.63) is 71.6 Å². The summed E-state index contributed by atoms with van der Waals surface area (Å²) in [7, 11) is 0. The first kappa shape index (κ1) is 20.9. The van der Waals surface area contributed by atoms with Crippen LogP contribution in [-0.4, -0.2) is 28.3 Å². The summed E-state index contributed by atoms with van der Waals surface area (Å²) in [6.45, 7) is 1.80. The molecule has 30 heavy (non-hydrogen) atoms. The molecule has 9 heteroatoms. The lowest BCUT2D eigenvalue weighted by Crippen LogP contribution is -2.16. The van der Waals surface area contributed by atoms with Crippen LogP contribution in [0.25, 0.3) is 17.1 Å². The van der Waals surface area contributed by atoms with Gasteiger partial charge in [0.1, 0.15) is 5.65 Å². The van der Waals surface area contributed by atoms with Gasteiger partial charge in [-0.25, -0.2) is 9.78 Å². The fraction of sp³-hybridized carbons (Fsp3) is 0.0952. The van der Waals surface area contributed by atoms with Gasteiger partial charge in [0.05, 0.1) is 6.61 Å². The number of Topliss-reactive ketones (excluding diaryl/α,β-unsaturated/α-hetero) is 1. The van der Waals surface area contributed by atoms with E-state index in [1.807, 2.05) is 6.07 Å². The smallest absolute Gasteiger partial charge is 0.347 e. The third kappa shape index (κ3) is 3.99. The Morgan fingerprint density at radius 1 is 1.30 bits per heavy atom. The number of carbonyl (C=O) groups is 2. The van der Waals surface area contributed by atoms with Crippen LogP contribution in [0, 0.1) is 0 Å². The number of rotatable bonds is 5. The van der Waals surface area contributed by atoms with Crippen LogP contribution in [0.15, 0.2) is 66.0 Å². The van der Waals surface area contributed by atoms with Gasteiger partial charge < -0.3 is 25.5 Å². The fourth-order valence-electron chi connectivity index (χ4n) is 2.94. The molecule has 4 rings (SSSR count). The normalized spacial score (nSPS) is 14.6. The molecule has 0 aliphatic carbocycles. The van der Waals surface area contributed by atoms with E-state index in [-0.39, 0.29) is 36.2 Å². The minimum atomic E-state index is -0.751. The molecule has 0 unspecified atom stereocenters. The Bertz CT molecular complexity index is 1170. The van der Waals surface area contributed by atoms with Crippen LogP contribution in [0.2, 0.25) is 0 Å². The Morgan fingerprint density at radius 2 is 2.07 bits per heavy atom. The highest BCUT2D eigenvalue weighted by atomic mass is 35.5. The first-order valence-electron chi connectivity index (χ1n) is 8.97. The third-order valence-corrected chi connectivity index (χ3v) is 4.31. The number of allylic oxidation sites excluding steroid dienone is 1. The van der Waals surface area contributed by atoms with Gasteiger partial charge in [0.2, 0.25) is 11.7 Å². The number of anilines is 2. The van der Waals surface area contributed by atoms with Gasteiger partial charge in [-0.1, -0.05) is 0 Å². The molecule has 0 spiro atoms. The molecule has 3 aromatic rings. The van der Waals surface area contributed by atoms with Crippen LogP contribution in [0.4, 0.5) is 11.4 Å². The molecule has 0 bridgehead atoms. The number of nitrogens with two attached hydrogens (primary N) is 1. The van der Waals surface area contributed by atoms with E-state index in [4.69, 9.17) is 15.2 Å². The first-order valence-corrected chi connectivity index (χ1v) is 8.97. The van der Waals surface area contributed by atoms with Crippen molar-refractivity contribution in [2.45, 2.75) is 6.92 Å². The molecular weight excluding hydrogens is 408 g/mol. The Labute approximate surface area is 178 Å². The average molecular weight is 427 g/mol. The molecule has 1 aromatic carbocycles. The predicted octanol–water partition coefficient (Wildman–Crippen LogP) is 3.39. The highest BCUT2D eigenvalue weighted by molar-refractivity contribution is 6.26. The molecule has 0 amide bonds. The van der Waals surface area contributed by atoms with Gasteiger partial charge >= 0.3 is 5.97 Å². The monoisotopic (exact) mass is 426 g/mol. The van der Waals surface area contributed by atoms with Gasteiger partial charge in [-0.3, -0.25) is 4.79 Å². The number of nitrogens with one attached hydrogen (secondary N) is 2. The van der Waals surface area contributed by atoms with E-state index in [1.54, 1.807) is 55.7 Å². The maximum absolute atomic E-state index is 12.9. The van der Waals surface area contributed by atoms with Crippen molar-refractivity contribution in [1.82, 2.24) is 9.97 Å². The van der Waals surface area contributed by atoms with Crippen molar-refractivity contribution in [3.8, 4) is 0 Å². The van der Waals surface area contributed by atoms with E-state index in [0.717, 1.165) is 5.39 Å². The largest absolute Gasteiger partial charge is 0.462 e. The molecule has 2 aromatic heterocycles. The molecule has 0 saturated carbocycles. The lowest BCUT2D eigenvalue weighted by molar-refractivity contribution is -0.139. The summed E-state index contributed by atoms with van der Waals surface area (Å²) in [5, 5.41) is 3.78. The van der Waals surface area contributed by atoms with Gasteiger partial charge in [0, 0.05) is 34.7 Å². The lowest BCUT2D eigenvalue weighted by atomic mass is 10.1. The molecule has 0 radical (unpaired) electrons. The number of ketones is 1. The van der Waals surface area contributed by atoms with E-state index in [1.165, 1.54) is 0 Å². The highest BCUT2D eigenvalue weighted by Crippen LogP contribution is 2.30. The van der Waals surface area contributed by atoms with Gasteiger partial charge in [-0.2, -0.15) is 0 Å². The van der Waals surface area contributed by atoms with Gasteiger partial charge in [0.15, 0.2) is 11.3 Å². The van der Waals surface area contributed by atoms with Crippen LogP contribution >= 0.6 is 12.4 Å². The first-order chi connectivity index (χ1) is 14.1. The zero-order valence-electron chi connectivity index (χ0n) is 16.0. The molecule has 0 atom stereocenters. The number of nitrogen functional groups attached to an aromatic ring is 1. The number of carbonyl (C=O) groups excluding carboxylic acids is 2. The molecule has 3 heterocycles. The highest BCUT2D eigenvalue weighted by Gasteiger charge is 2.37. The topological polar surface area (TPSA) is 119 Å². The zero-order valence-corrected chi connectivity index (χ0v) is 16.8. The second-order valence-corrected chi connectivity index (χ2v) is 6.25. The number of aromatic nitrogens is 2. The summed E-state index contributed by atoms with van der Waals surface area (Å²) in [6.07, 6.45) is 4.96. The number of benzene rings is 1. The Kier molecular flexibility index (Phi) is 6.08. The Morgan fingerprint density at radius 3 is 2.80 bits per heavy atom. The third-order valence-electron chi connectivity index (χ3n) is 4.31. The lowest BCUT2D eigenvalue weighted by Gasteiger charge is -2.09. The number of hydrogen-bond donors (Lipinski definition) is 3. The standard InChI is InChI=1S/C21H18N4O4.ClH/c1-2-28-21(27)17-18(26)16(10-12-11-24-19-15(12)4-3-9-23-19)29-20(17)25-14-7-5-13(22)6-8-14;/h3-11,25H,2,22H2,1H3,(H,23,24);1H. The SMILES string of the molecule is CCOC(=O)C1=C(Nc2ccc(N)cc2)OC(=Cc2c[nH]c3ncccc23)C1=O.Cl. The number of esters is 1. The number of fused-ring (bicyclic) bond motifs is 1. The number of hydrogen-bond acceptors (Lipinski definition) is 7. The quantitative estimate of drug-likeness (QED) is 0.247. The van der Waals surface area contributed by atoms with Crippen LogP contribution < -0.4 is 11.1 Å². The van der Waals surface area contributed by atoms with E-state index in [2.05, 4.69) is 15.3 Å². The second-order valence-electron chi connectivity index (χ2n) is 6.25. The van der Waals surface area contributed by atoms with Crippen LogP contribution in [0.5, 0.6) is 0 Å². The molecular formula is C21H19ClN4O4. The fourth-order valence-corrected chi connectivity index (χ4v) is 2.94. The van der Waals surface area contributed by atoms with Crippen LogP contribution in [0.3, 0.4) is 0 Å². The number of aromatic amines is 1. The van der Waals surface area contributed by atoms with Crippen molar-refractivity contribution >= 4 is 52.6 Å². The summed E-state index contributed by atoms with van der Waals surface area (Å²) < 4.78 is 10.8. The van der Waals surface area contributed by atoms with Crippen molar-refractivity contribution in [3.63, 3.8) is 0 Å². The number of nitrogens with zero attached hydrogens (tertiary/aromatic N) is 1. The second kappa shape index (κ2) is 8.71. The number of ether oxygens (including phenoxy) is 2.